The Hall–Kier alpha value is -0.680. The average molecular weight is 243 g/mol. The highest BCUT2D eigenvalue weighted by Crippen LogP contribution is 2.17. The molecule has 1 aromatic heterocycles. The van der Waals surface area contributed by atoms with Gasteiger partial charge in [0, 0.05) is 18.4 Å². The first-order valence-electron chi connectivity index (χ1n) is 5.30. The third-order valence-corrected chi connectivity index (χ3v) is 2.97. The summed E-state index contributed by atoms with van der Waals surface area (Å²) in [4.78, 5) is 3.94. The topological polar surface area (TPSA) is 57.4 Å². The summed E-state index contributed by atoms with van der Waals surface area (Å²) >= 11 is 6.02. The summed E-state index contributed by atoms with van der Waals surface area (Å²) in [6.07, 6.45) is 3.97. The Morgan fingerprint density at radius 2 is 2.44 bits per heavy atom. The molecule has 4 nitrogen and oxygen atoms in total. The molecule has 0 aliphatic carbocycles. The van der Waals surface area contributed by atoms with Crippen LogP contribution in [0.3, 0.4) is 0 Å². The number of halogens is 1. The molecule has 5 heteroatoms. The molecule has 2 N–H and O–H groups in total. The lowest BCUT2D eigenvalue weighted by molar-refractivity contribution is -0.0967. The van der Waals surface area contributed by atoms with E-state index >= 15 is 0 Å². The summed E-state index contributed by atoms with van der Waals surface area (Å²) < 4.78 is 10.9. The van der Waals surface area contributed by atoms with Crippen molar-refractivity contribution in [3.8, 4) is 0 Å². The summed E-state index contributed by atoms with van der Waals surface area (Å²) in [5.74, 6) is 0. The number of hydrogen-bond donors (Lipinski definition) is 1. The summed E-state index contributed by atoms with van der Waals surface area (Å²) in [5, 5.41) is 0.648. The summed E-state index contributed by atoms with van der Waals surface area (Å²) in [6.45, 7) is 1.82. The third-order valence-electron chi connectivity index (χ3n) is 2.63. The highest BCUT2D eigenvalue weighted by atomic mass is 35.5. The SMILES string of the molecule is NC(Cc1ccncc1Cl)C1COCCO1. The average Bonchev–Trinajstić information content (AvgIpc) is 2.33. The van der Waals surface area contributed by atoms with E-state index in [0.29, 0.717) is 31.3 Å². The van der Waals surface area contributed by atoms with Gasteiger partial charge < -0.3 is 15.2 Å². The van der Waals surface area contributed by atoms with Crippen molar-refractivity contribution in [2.45, 2.75) is 18.6 Å². The molecule has 0 aromatic carbocycles. The maximum atomic E-state index is 6.07. The maximum absolute atomic E-state index is 6.07. The third kappa shape index (κ3) is 2.92. The lowest BCUT2D eigenvalue weighted by atomic mass is 10.0. The Labute approximate surface area is 99.7 Å². The number of pyridine rings is 1. The number of hydrogen-bond acceptors (Lipinski definition) is 4. The number of nitrogens with zero attached hydrogens (tertiary/aromatic N) is 1. The molecule has 0 spiro atoms. The molecule has 0 bridgehead atoms. The second-order valence-corrected chi connectivity index (χ2v) is 4.23. The fourth-order valence-electron chi connectivity index (χ4n) is 1.71. The smallest absolute Gasteiger partial charge is 0.0963 e. The number of rotatable bonds is 3. The first-order valence-corrected chi connectivity index (χ1v) is 5.68. The predicted molar refractivity (Wildman–Crippen MR) is 61.5 cm³/mol. The van der Waals surface area contributed by atoms with Crippen LogP contribution in [-0.2, 0) is 15.9 Å². The van der Waals surface area contributed by atoms with Crippen molar-refractivity contribution in [1.82, 2.24) is 4.98 Å². The zero-order valence-corrected chi connectivity index (χ0v) is 9.69. The van der Waals surface area contributed by atoms with Gasteiger partial charge in [-0.2, -0.15) is 0 Å². The highest BCUT2D eigenvalue weighted by molar-refractivity contribution is 6.31. The van der Waals surface area contributed by atoms with E-state index in [-0.39, 0.29) is 12.1 Å². The largest absolute Gasteiger partial charge is 0.376 e. The van der Waals surface area contributed by atoms with E-state index in [1.165, 1.54) is 0 Å². The first-order chi connectivity index (χ1) is 7.77. The zero-order chi connectivity index (χ0) is 11.4. The van der Waals surface area contributed by atoms with Crippen LogP contribution in [0.25, 0.3) is 0 Å². The van der Waals surface area contributed by atoms with Gasteiger partial charge in [-0.25, -0.2) is 0 Å². The lowest BCUT2D eigenvalue weighted by Gasteiger charge is -2.28. The second-order valence-electron chi connectivity index (χ2n) is 3.82. The fourth-order valence-corrected chi connectivity index (χ4v) is 1.90. The minimum atomic E-state index is -0.0970. The van der Waals surface area contributed by atoms with E-state index in [4.69, 9.17) is 26.8 Å². The van der Waals surface area contributed by atoms with Gasteiger partial charge in [-0.1, -0.05) is 11.6 Å². The van der Waals surface area contributed by atoms with Crippen LogP contribution in [-0.4, -0.2) is 37.0 Å². The minimum Gasteiger partial charge on any atom is -0.376 e. The van der Waals surface area contributed by atoms with Gasteiger partial charge in [-0.3, -0.25) is 4.98 Å². The molecular formula is C11H15ClN2O2. The van der Waals surface area contributed by atoms with E-state index in [2.05, 4.69) is 4.98 Å². The molecule has 1 fully saturated rings. The molecular weight excluding hydrogens is 228 g/mol. The van der Waals surface area contributed by atoms with Crippen molar-refractivity contribution < 1.29 is 9.47 Å². The van der Waals surface area contributed by atoms with E-state index in [1.807, 2.05) is 6.07 Å². The Morgan fingerprint density at radius 1 is 1.56 bits per heavy atom. The van der Waals surface area contributed by atoms with Crippen LogP contribution in [0.1, 0.15) is 5.56 Å². The number of ether oxygens (including phenoxy) is 2. The number of aromatic nitrogens is 1. The van der Waals surface area contributed by atoms with Gasteiger partial charge in [-0.15, -0.1) is 0 Å². The molecule has 1 aliphatic heterocycles. The second kappa shape index (κ2) is 5.59. The van der Waals surface area contributed by atoms with E-state index in [0.717, 1.165) is 5.56 Å². The molecule has 2 unspecified atom stereocenters. The van der Waals surface area contributed by atoms with E-state index in [9.17, 15) is 0 Å². The predicted octanol–water partition coefficient (Wildman–Crippen LogP) is 1.02. The monoisotopic (exact) mass is 242 g/mol. The van der Waals surface area contributed by atoms with Gasteiger partial charge in [0.1, 0.15) is 0 Å². The summed E-state index contributed by atoms with van der Waals surface area (Å²) in [6, 6.07) is 1.78. The first kappa shape index (κ1) is 11.8. The summed E-state index contributed by atoms with van der Waals surface area (Å²) in [5.41, 5.74) is 7.06. The standard InChI is InChI=1S/C11H15ClN2O2/c12-9-6-14-2-1-8(9)5-10(13)11-7-15-3-4-16-11/h1-2,6,10-11H,3-5,7,13H2. The number of nitrogens with two attached hydrogens (primary N) is 1. The Kier molecular flexibility index (Phi) is 4.12. The van der Waals surface area contributed by atoms with Crippen molar-refractivity contribution in [1.29, 1.82) is 0 Å². The minimum absolute atomic E-state index is 0.0435. The van der Waals surface area contributed by atoms with Crippen molar-refractivity contribution in [3.05, 3.63) is 29.0 Å². The fraction of sp³-hybridized carbons (Fsp3) is 0.545. The van der Waals surface area contributed by atoms with Crippen LogP contribution >= 0.6 is 11.6 Å². The maximum Gasteiger partial charge on any atom is 0.0963 e. The van der Waals surface area contributed by atoms with Gasteiger partial charge in [0.2, 0.25) is 0 Å². The van der Waals surface area contributed by atoms with Gasteiger partial charge in [-0.05, 0) is 18.1 Å². The van der Waals surface area contributed by atoms with Crippen LogP contribution in [0.2, 0.25) is 5.02 Å². The van der Waals surface area contributed by atoms with E-state index in [1.54, 1.807) is 12.4 Å². The van der Waals surface area contributed by atoms with Crippen LogP contribution in [0.5, 0.6) is 0 Å². The zero-order valence-electron chi connectivity index (χ0n) is 8.93. The molecule has 1 aromatic rings. The molecule has 2 rings (SSSR count). The van der Waals surface area contributed by atoms with Crippen LogP contribution in [0.15, 0.2) is 18.5 Å². The van der Waals surface area contributed by atoms with Crippen molar-refractivity contribution in [2.75, 3.05) is 19.8 Å². The molecule has 0 amide bonds. The van der Waals surface area contributed by atoms with Gasteiger partial charge in [0.15, 0.2) is 0 Å². The lowest BCUT2D eigenvalue weighted by Crippen LogP contribution is -2.44. The van der Waals surface area contributed by atoms with Gasteiger partial charge >= 0.3 is 0 Å². The molecule has 2 atom stereocenters. The van der Waals surface area contributed by atoms with Crippen LogP contribution < -0.4 is 5.73 Å². The molecule has 88 valence electrons. The molecule has 16 heavy (non-hydrogen) atoms. The highest BCUT2D eigenvalue weighted by Gasteiger charge is 2.22. The van der Waals surface area contributed by atoms with E-state index < -0.39 is 0 Å². The summed E-state index contributed by atoms with van der Waals surface area (Å²) in [7, 11) is 0. The quantitative estimate of drug-likeness (QED) is 0.860. The van der Waals surface area contributed by atoms with Crippen molar-refractivity contribution in [2.24, 2.45) is 5.73 Å². The molecule has 1 saturated heterocycles. The van der Waals surface area contributed by atoms with Crippen molar-refractivity contribution in [3.63, 3.8) is 0 Å². The Morgan fingerprint density at radius 3 is 3.12 bits per heavy atom. The van der Waals surface area contributed by atoms with Crippen molar-refractivity contribution >= 4 is 11.6 Å². The molecule has 1 aliphatic rings. The van der Waals surface area contributed by atoms with Crippen LogP contribution in [0.4, 0.5) is 0 Å². The Bertz CT molecular complexity index is 343. The van der Waals surface area contributed by atoms with Gasteiger partial charge in [0.25, 0.3) is 0 Å². The normalized spacial score (nSPS) is 23.0. The van der Waals surface area contributed by atoms with Gasteiger partial charge in [0.05, 0.1) is 30.9 Å². The molecule has 2 heterocycles. The molecule has 0 saturated carbocycles. The Balaban J connectivity index is 1.96. The van der Waals surface area contributed by atoms with Crippen LogP contribution in [0, 0.1) is 0 Å². The molecule has 0 radical (unpaired) electrons.